The van der Waals surface area contributed by atoms with Crippen LogP contribution in [0.3, 0.4) is 0 Å². The lowest BCUT2D eigenvalue weighted by atomic mass is 9.99. The zero-order chi connectivity index (χ0) is 25.4. The van der Waals surface area contributed by atoms with Crippen molar-refractivity contribution in [3.63, 3.8) is 0 Å². The van der Waals surface area contributed by atoms with Crippen LogP contribution in [0.4, 0.5) is 10.2 Å². The van der Waals surface area contributed by atoms with Crippen molar-refractivity contribution in [3.8, 4) is 11.8 Å². The second kappa shape index (κ2) is 9.80. The van der Waals surface area contributed by atoms with E-state index in [0.717, 1.165) is 0 Å². The molecule has 1 saturated heterocycles. The third-order valence-electron chi connectivity index (χ3n) is 3.77. The number of rotatable bonds is 8. The summed E-state index contributed by atoms with van der Waals surface area (Å²) in [6, 6.07) is 0. The monoisotopic (exact) mass is 557 g/mol. The van der Waals surface area contributed by atoms with Gasteiger partial charge in [-0.15, -0.1) is 5.92 Å². The highest BCUT2D eigenvalue weighted by molar-refractivity contribution is 7.66. The molecule has 1 fully saturated rings. The number of halogens is 2. The lowest BCUT2D eigenvalue weighted by Gasteiger charge is -2.25. The summed E-state index contributed by atoms with van der Waals surface area (Å²) in [4.78, 5) is 48.9. The topological polar surface area (TPSA) is 250 Å². The van der Waals surface area contributed by atoms with Gasteiger partial charge in [0, 0.05) is 0 Å². The number of anilines is 1. The van der Waals surface area contributed by atoms with Crippen molar-refractivity contribution < 1.29 is 60.6 Å². The molecule has 16 nitrogen and oxygen atoms in total. The maximum absolute atomic E-state index is 13.9. The summed E-state index contributed by atoms with van der Waals surface area (Å²) in [7, 11) is -16.9. The van der Waals surface area contributed by atoms with Crippen molar-refractivity contribution in [2.75, 3.05) is 12.3 Å². The normalized spacial score (nSPS) is 29.0. The van der Waals surface area contributed by atoms with Crippen LogP contribution in [0.15, 0.2) is 11.0 Å². The molecule has 2 heterocycles. The van der Waals surface area contributed by atoms with Crippen LogP contribution < -0.4 is 11.4 Å². The van der Waals surface area contributed by atoms with Crippen molar-refractivity contribution >= 4 is 40.9 Å². The van der Waals surface area contributed by atoms with Crippen LogP contribution in [0, 0.1) is 17.7 Å². The number of aliphatic hydroxyl groups excluding tert-OH is 1. The van der Waals surface area contributed by atoms with E-state index in [9.17, 15) is 32.9 Å². The molecule has 1 aromatic rings. The Morgan fingerprint density at radius 2 is 1.91 bits per heavy atom. The molecule has 3 unspecified atom stereocenters. The molecule has 0 spiro atoms. The molecule has 0 bridgehead atoms. The number of phosphoric acid groups is 3. The first-order valence-electron chi connectivity index (χ1n) is 8.19. The number of hydrogen-bond donors (Lipinski definition) is 6. The van der Waals surface area contributed by atoms with Gasteiger partial charge in [0.15, 0.2) is 22.7 Å². The molecular formula is C12H16ClFN3O13P3. The molecule has 0 saturated carbocycles. The van der Waals surface area contributed by atoms with Crippen molar-refractivity contribution in [1.82, 2.24) is 9.55 Å². The maximum Gasteiger partial charge on any atom is 0.490 e. The van der Waals surface area contributed by atoms with E-state index in [1.807, 2.05) is 0 Å². The second-order valence-electron chi connectivity index (χ2n) is 6.17. The molecule has 0 aliphatic carbocycles. The van der Waals surface area contributed by atoms with E-state index in [0.29, 0.717) is 10.8 Å². The number of ether oxygens (including phenoxy) is 1. The average molecular weight is 558 g/mol. The van der Waals surface area contributed by atoms with Gasteiger partial charge < -0.3 is 35.2 Å². The van der Waals surface area contributed by atoms with Crippen LogP contribution in [-0.4, -0.2) is 57.9 Å². The van der Waals surface area contributed by atoms with Crippen molar-refractivity contribution in [3.05, 3.63) is 22.5 Å². The summed E-state index contributed by atoms with van der Waals surface area (Å²) in [6.07, 6.45) is -4.71. The van der Waals surface area contributed by atoms with E-state index in [-0.39, 0.29) is 0 Å². The Hall–Kier alpha value is -1.21. The van der Waals surface area contributed by atoms with Gasteiger partial charge in [-0.3, -0.25) is 9.09 Å². The van der Waals surface area contributed by atoms with Crippen LogP contribution >= 0.6 is 35.1 Å². The fraction of sp³-hybridized carbons (Fsp3) is 0.500. The summed E-state index contributed by atoms with van der Waals surface area (Å²) in [5.74, 6) is 2.85. The lowest BCUT2D eigenvalue weighted by molar-refractivity contribution is -0.0457. The van der Waals surface area contributed by atoms with Gasteiger partial charge in [0.25, 0.3) is 0 Å². The number of nitrogens with two attached hydrogens (primary N) is 1. The standard InChI is InChI=1S/C12H16ClFN3O13P3/c1-2-3-12(13)8(18)7(28-10(12)17-4-6(14)9(15)16-11(17)19)5-27-32(23,24)30-33(25,26)29-31(20,21)22/h4,7-8,10,18H,5H2,1H3,(H,23,24)(H,25,26)(H2,15,16,19)(H2,20,21,22)/t7-,8+,10-,12?/m1/s1. The van der Waals surface area contributed by atoms with Gasteiger partial charge in [-0.2, -0.15) is 13.6 Å². The summed E-state index contributed by atoms with van der Waals surface area (Å²) < 4.78 is 65.1. The molecule has 2 rings (SSSR count). The Kier molecular flexibility index (Phi) is 8.33. The van der Waals surface area contributed by atoms with Gasteiger partial charge in [-0.1, -0.05) is 17.5 Å². The van der Waals surface area contributed by atoms with Crippen molar-refractivity contribution in [1.29, 1.82) is 0 Å². The van der Waals surface area contributed by atoms with Gasteiger partial charge >= 0.3 is 29.2 Å². The van der Waals surface area contributed by atoms with Gasteiger partial charge in [-0.05, 0) is 6.92 Å². The van der Waals surface area contributed by atoms with Gasteiger partial charge in [-0.25, -0.2) is 22.9 Å². The van der Waals surface area contributed by atoms with E-state index in [1.54, 1.807) is 0 Å². The van der Waals surface area contributed by atoms with Crippen LogP contribution in [-0.2, 0) is 31.6 Å². The van der Waals surface area contributed by atoms with Crippen LogP contribution in [0.1, 0.15) is 13.2 Å². The summed E-state index contributed by atoms with van der Waals surface area (Å²) in [6.45, 7) is 0.193. The summed E-state index contributed by atoms with van der Waals surface area (Å²) in [5.41, 5.74) is 4.06. The predicted molar refractivity (Wildman–Crippen MR) is 105 cm³/mol. The van der Waals surface area contributed by atoms with Gasteiger partial charge in [0.05, 0.1) is 12.8 Å². The molecule has 6 atom stereocenters. The molecule has 0 aromatic carbocycles. The molecule has 21 heteroatoms. The maximum atomic E-state index is 13.9. The first-order chi connectivity index (χ1) is 14.9. The van der Waals surface area contributed by atoms with Crippen LogP contribution in [0.2, 0.25) is 0 Å². The minimum atomic E-state index is -5.79. The average Bonchev–Trinajstić information content (AvgIpc) is 2.85. The molecule has 33 heavy (non-hydrogen) atoms. The van der Waals surface area contributed by atoms with Crippen LogP contribution in [0.25, 0.3) is 0 Å². The fourth-order valence-electron chi connectivity index (χ4n) is 2.58. The molecule has 7 N–H and O–H groups in total. The first kappa shape index (κ1) is 28.0. The highest BCUT2D eigenvalue weighted by Gasteiger charge is 2.56. The van der Waals surface area contributed by atoms with E-state index in [2.05, 4.69) is 30.0 Å². The quantitative estimate of drug-likeness (QED) is 0.135. The van der Waals surface area contributed by atoms with Gasteiger partial charge in [0.2, 0.25) is 0 Å². The summed E-state index contributed by atoms with van der Waals surface area (Å²) >= 11 is 6.31. The third kappa shape index (κ3) is 6.91. The molecule has 1 aliphatic rings. The van der Waals surface area contributed by atoms with Gasteiger partial charge in [0.1, 0.15) is 12.2 Å². The van der Waals surface area contributed by atoms with E-state index in [1.165, 1.54) is 6.92 Å². The Morgan fingerprint density at radius 1 is 1.30 bits per heavy atom. The zero-order valence-electron chi connectivity index (χ0n) is 16.1. The number of alkyl halides is 1. The van der Waals surface area contributed by atoms with Crippen molar-refractivity contribution in [2.45, 2.75) is 30.2 Å². The zero-order valence-corrected chi connectivity index (χ0v) is 19.5. The fourth-order valence-corrected chi connectivity index (χ4v) is 6.00. The highest BCUT2D eigenvalue weighted by atomic mass is 35.5. The SMILES string of the molecule is CC#CC1(Cl)[C@@H](O)[C@@H](COP(=O)(O)OP(=O)(O)OP(=O)(O)O)O[C@H]1n1cc(F)c(N)nc1=O. The number of phosphoric ester groups is 1. The number of aliphatic hydroxyl groups is 1. The third-order valence-corrected chi connectivity index (χ3v) is 8.07. The Morgan fingerprint density at radius 3 is 2.45 bits per heavy atom. The minimum absolute atomic E-state index is 0.511. The number of nitrogens with zero attached hydrogens (tertiary/aromatic N) is 2. The Bertz CT molecular complexity index is 1180. The Balaban J connectivity index is 2.27. The smallest absolute Gasteiger partial charge is 0.387 e. The van der Waals surface area contributed by atoms with Crippen molar-refractivity contribution in [2.24, 2.45) is 0 Å². The molecule has 186 valence electrons. The lowest BCUT2D eigenvalue weighted by Crippen LogP contribution is -2.43. The highest BCUT2D eigenvalue weighted by Crippen LogP contribution is 2.66. The Labute approximate surface area is 188 Å². The molecule has 1 aromatic heterocycles. The minimum Gasteiger partial charge on any atom is -0.387 e. The summed E-state index contributed by atoms with van der Waals surface area (Å²) in [5, 5.41) is 10.5. The molecule has 1 aliphatic heterocycles. The predicted octanol–water partition coefficient (Wildman–Crippen LogP) is -0.433. The number of nitrogen functional groups attached to an aromatic ring is 1. The molecular weight excluding hydrogens is 542 g/mol. The molecule has 0 radical (unpaired) electrons. The molecule has 0 amide bonds. The van der Waals surface area contributed by atoms with E-state index < -0.39 is 70.7 Å². The number of aromatic nitrogens is 2. The largest absolute Gasteiger partial charge is 0.490 e. The first-order valence-corrected chi connectivity index (χ1v) is 13.1. The second-order valence-corrected chi connectivity index (χ2v) is 11.2. The number of hydrogen-bond acceptors (Lipinski definition) is 11. The van der Waals surface area contributed by atoms with E-state index >= 15 is 0 Å². The van der Waals surface area contributed by atoms with Crippen LogP contribution in [0.5, 0.6) is 0 Å². The van der Waals surface area contributed by atoms with E-state index in [4.69, 9.17) is 36.8 Å².